The molecule has 180 valence electrons. The fourth-order valence-corrected chi connectivity index (χ4v) is 4.14. The minimum Gasteiger partial charge on any atom is -0.338 e. The standard InChI is InChI=1S/C28H30N4O3/c1-19-10-13-21(14-11-19)27(34)32-16-6-7-22(18-32)26(33)31-25-17-24(15-12-20(25)2)30-28(35)29-23-8-4-3-5-9-23/h3-5,8-15,17,22H,6-7,16,18H2,1-2H3,(H,31,33)(H2,29,30,35). The minimum atomic E-state index is -0.366. The summed E-state index contributed by atoms with van der Waals surface area (Å²) in [7, 11) is 0. The van der Waals surface area contributed by atoms with E-state index in [0.29, 0.717) is 35.7 Å². The predicted molar refractivity (Wildman–Crippen MR) is 139 cm³/mol. The highest BCUT2D eigenvalue weighted by Crippen LogP contribution is 2.24. The highest BCUT2D eigenvalue weighted by molar-refractivity contribution is 6.01. The molecule has 0 radical (unpaired) electrons. The number of para-hydroxylation sites is 1. The summed E-state index contributed by atoms with van der Waals surface area (Å²) < 4.78 is 0. The Bertz CT molecular complexity index is 1210. The second-order valence-electron chi connectivity index (χ2n) is 8.92. The molecule has 3 aromatic carbocycles. The molecule has 0 aromatic heterocycles. The average Bonchev–Trinajstić information content (AvgIpc) is 2.86. The molecule has 35 heavy (non-hydrogen) atoms. The Balaban J connectivity index is 1.38. The first-order chi connectivity index (χ1) is 16.9. The number of anilines is 3. The van der Waals surface area contributed by atoms with Crippen LogP contribution in [0, 0.1) is 19.8 Å². The zero-order chi connectivity index (χ0) is 24.8. The molecule has 1 heterocycles. The fraction of sp³-hybridized carbons (Fsp3) is 0.250. The fourth-order valence-electron chi connectivity index (χ4n) is 4.14. The summed E-state index contributed by atoms with van der Waals surface area (Å²) in [6, 6.07) is 21.7. The van der Waals surface area contributed by atoms with Gasteiger partial charge in [-0.25, -0.2) is 4.79 Å². The van der Waals surface area contributed by atoms with Crippen LogP contribution in [-0.4, -0.2) is 35.8 Å². The molecule has 1 fully saturated rings. The van der Waals surface area contributed by atoms with E-state index in [1.165, 1.54) is 0 Å². The largest absolute Gasteiger partial charge is 0.338 e. The molecule has 0 bridgehead atoms. The summed E-state index contributed by atoms with van der Waals surface area (Å²) in [6.07, 6.45) is 1.50. The molecule has 7 nitrogen and oxygen atoms in total. The van der Waals surface area contributed by atoms with Crippen molar-refractivity contribution in [1.82, 2.24) is 4.90 Å². The number of rotatable bonds is 5. The quantitative estimate of drug-likeness (QED) is 0.464. The van der Waals surface area contributed by atoms with Crippen LogP contribution in [0.2, 0.25) is 0 Å². The lowest BCUT2D eigenvalue weighted by Gasteiger charge is -2.32. The molecular formula is C28H30N4O3. The van der Waals surface area contributed by atoms with Gasteiger partial charge in [-0.1, -0.05) is 42.0 Å². The number of hydrogen-bond acceptors (Lipinski definition) is 3. The molecule has 1 unspecified atom stereocenters. The number of amides is 4. The van der Waals surface area contributed by atoms with E-state index in [1.54, 1.807) is 29.2 Å². The summed E-state index contributed by atoms with van der Waals surface area (Å²) in [5.74, 6) is -0.467. The Morgan fingerprint density at radius 1 is 0.829 bits per heavy atom. The lowest BCUT2D eigenvalue weighted by Crippen LogP contribution is -2.43. The van der Waals surface area contributed by atoms with Gasteiger partial charge in [0.25, 0.3) is 5.91 Å². The molecular weight excluding hydrogens is 440 g/mol. The normalized spacial score (nSPS) is 15.3. The van der Waals surface area contributed by atoms with Crippen molar-refractivity contribution in [3.05, 3.63) is 89.5 Å². The molecule has 3 N–H and O–H groups in total. The van der Waals surface area contributed by atoms with Crippen LogP contribution in [0.25, 0.3) is 0 Å². The lowest BCUT2D eigenvalue weighted by atomic mass is 9.96. The van der Waals surface area contributed by atoms with E-state index in [2.05, 4.69) is 16.0 Å². The summed E-state index contributed by atoms with van der Waals surface area (Å²) >= 11 is 0. The number of benzene rings is 3. The third-order valence-electron chi connectivity index (χ3n) is 6.16. The van der Waals surface area contributed by atoms with Gasteiger partial charge in [-0.2, -0.15) is 0 Å². The third kappa shape index (κ3) is 6.26. The Morgan fingerprint density at radius 2 is 1.54 bits per heavy atom. The van der Waals surface area contributed by atoms with Crippen LogP contribution in [0.3, 0.4) is 0 Å². The van der Waals surface area contributed by atoms with Crippen LogP contribution in [0.4, 0.5) is 21.9 Å². The van der Waals surface area contributed by atoms with E-state index in [0.717, 1.165) is 24.0 Å². The number of piperidine rings is 1. The number of likely N-dealkylation sites (tertiary alicyclic amines) is 1. The second-order valence-corrected chi connectivity index (χ2v) is 8.92. The molecule has 1 aliphatic rings. The zero-order valence-electron chi connectivity index (χ0n) is 20.0. The van der Waals surface area contributed by atoms with Gasteiger partial charge in [-0.05, 0) is 68.7 Å². The van der Waals surface area contributed by atoms with E-state index >= 15 is 0 Å². The first kappa shape index (κ1) is 24.0. The number of carbonyl (C=O) groups is 3. The Hall–Kier alpha value is -4.13. The van der Waals surface area contributed by atoms with Crippen LogP contribution < -0.4 is 16.0 Å². The van der Waals surface area contributed by atoms with Gasteiger partial charge in [0.15, 0.2) is 0 Å². The molecule has 4 amide bonds. The summed E-state index contributed by atoms with van der Waals surface area (Å²) in [5, 5.41) is 8.58. The SMILES string of the molecule is Cc1ccc(C(=O)N2CCCC(C(=O)Nc3cc(NC(=O)Nc4ccccc4)ccc3C)C2)cc1. The Kier molecular flexibility index (Phi) is 7.45. The van der Waals surface area contributed by atoms with Gasteiger partial charge in [0, 0.05) is 35.7 Å². The molecule has 0 aliphatic carbocycles. The summed E-state index contributed by atoms with van der Waals surface area (Å²) in [4.78, 5) is 40.1. The van der Waals surface area contributed by atoms with Crippen LogP contribution in [-0.2, 0) is 4.79 Å². The van der Waals surface area contributed by atoms with Crippen LogP contribution in [0.5, 0.6) is 0 Å². The molecule has 3 aromatic rings. The maximum absolute atomic E-state index is 13.1. The van der Waals surface area contributed by atoms with E-state index in [-0.39, 0.29) is 23.8 Å². The summed E-state index contributed by atoms with van der Waals surface area (Å²) in [6.45, 7) is 4.91. The minimum absolute atomic E-state index is 0.0469. The highest BCUT2D eigenvalue weighted by Gasteiger charge is 2.29. The summed E-state index contributed by atoms with van der Waals surface area (Å²) in [5.41, 5.74) is 4.51. The molecule has 4 rings (SSSR count). The van der Waals surface area contributed by atoms with Crippen molar-refractivity contribution in [3.63, 3.8) is 0 Å². The Labute approximate surface area is 205 Å². The molecule has 1 saturated heterocycles. The number of nitrogens with zero attached hydrogens (tertiary/aromatic N) is 1. The smallest absolute Gasteiger partial charge is 0.323 e. The van der Waals surface area contributed by atoms with E-state index in [4.69, 9.17) is 0 Å². The van der Waals surface area contributed by atoms with Crippen molar-refractivity contribution < 1.29 is 14.4 Å². The lowest BCUT2D eigenvalue weighted by molar-refractivity contribution is -0.121. The zero-order valence-corrected chi connectivity index (χ0v) is 20.0. The van der Waals surface area contributed by atoms with Crippen LogP contribution >= 0.6 is 0 Å². The second kappa shape index (κ2) is 10.9. The first-order valence-corrected chi connectivity index (χ1v) is 11.8. The maximum Gasteiger partial charge on any atom is 0.323 e. The molecule has 0 spiro atoms. The van der Waals surface area contributed by atoms with Gasteiger partial charge in [0.1, 0.15) is 0 Å². The number of nitrogens with one attached hydrogen (secondary N) is 3. The van der Waals surface area contributed by atoms with Crippen molar-refractivity contribution in [2.75, 3.05) is 29.0 Å². The number of carbonyl (C=O) groups excluding carboxylic acids is 3. The first-order valence-electron chi connectivity index (χ1n) is 11.8. The highest BCUT2D eigenvalue weighted by atomic mass is 16.2. The van der Waals surface area contributed by atoms with E-state index in [9.17, 15) is 14.4 Å². The van der Waals surface area contributed by atoms with Gasteiger partial charge in [-0.3, -0.25) is 9.59 Å². The Morgan fingerprint density at radius 3 is 2.29 bits per heavy atom. The van der Waals surface area contributed by atoms with Gasteiger partial charge in [0.2, 0.25) is 5.91 Å². The third-order valence-corrected chi connectivity index (χ3v) is 6.16. The van der Waals surface area contributed by atoms with Crippen molar-refractivity contribution in [1.29, 1.82) is 0 Å². The van der Waals surface area contributed by atoms with Crippen molar-refractivity contribution in [2.24, 2.45) is 5.92 Å². The molecule has 1 atom stereocenters. The van der Waals surface area contributed by atoms with Crippen LogP contribution in [0.15, 0.2) is 72.8 Å². The number of aryl methyl sites for hydroxylation is 2. The van der Waals surface area contributed by atoms with E-state index in [1.807, 2.05) is 62.4 Å². The van der Waals surface area contributed by atoms with Gasteiger partial charge in [0.05, 0.1) is 5.92 Å². The van der Waals surface area contributed by atoms with E-state index < -0.39 is 0 Å². The van der Waals surface area contributed by atoms with Crippen LogP contribution in [0.1, 0.15) is 34.3 Å². The topological polar surface area (TPSA) is 90.5 Å². The predicted octanol–water partition coefficient (Wildman–Crippen LogP) is 5.44. The monoisotopic (exact) mass is 470 g/mol. The number of urea groups is 1. The molecule has 0 saturated carbocycles. The van der Waals surface area contributed by atoms with Gasteiger partial charge < -0.3 is 20.9 Å². The van der Waals surface area contributed by atoms with Crippen molar-refractivity contribution in [2.45, 2.75) is 26.7 Å². The molecule has 7 heteroatoms. The molecule has 1 aliphatic heterocycles. The van der Waals surface area contributed by atoms with Gasteiger partial charge >= 0.3 is 6.03 Å². The van der Waals surface area contributed by atoms with Crippen molar-refractivity contribution >= 4 is 34.9 Å². The number of hydrogen-bond donors (Lipinski definition) is 3. The van der Waals surface area contributed by atoms with Crippen molar-refractivity contribution in [3.8, 4) is 0 Å². The van der Waals surface area contributed by atoms with Gasteiger partial charge in [-0.15, -0.1) is 0 Å². The average molecular weight is 471 g/mol. The maximum atomic E-state index is 13.1.